The molecule has 0 heterocycles. The van der Waals surface area contributed by atoms with Gasteiger partial charge in [0.15, 0.2) is 0 Å². The first kappa shape index (κ1) is 29.8. The molecule has 28 heavy (non-hydrogen) atoms. The second-order valence-electron chi connectivity index (χ2n) is 7.23. The molecule has 0 atom stereocenters. The van der Waals surface area contributed by atoms with Crippen molar-refractivity contribution in [2.75, 3.05) is 70.5 Å². The summed E-state index contributed by atoms with van der Waals surface area (Å²) in [6.45, 7) is 3.84. The summed E-state index contributed by atoms with van der Waals surface area (Å²) in [5, 5.41) is 0. The maximum atomic E-state index is 3.84. The van der Waals surface area contributed by atoms with Crippen LogP contribution in [0.4, 0.5) is 0 Å². The van der Waals surface area contributed by atoms with E-state index in [1.807, 2.05) is 35.3 Å². The monoisotopic (exact) mass is 500 g/mol. The summed E-state index contributed by atoms with van der Waals surface area (Å²) >= 11 is 12.6. The van der Waals surface area contributed by atoms with Crippen molar-refractivity contribution in [3.8, 4) is 0 Å². The Hall–Kier alpha value is 1.84. The molecular weight excluding hydrogens is 457 g/mol. The van der Waals surface area contributed by atoms with Crippen LogP contribution in [0.3, 0.4) is 0 Å². The number of hydrogen-bond acceptors (Lipinski definition) is 6. The third kappa shape index (κ3) is 18.6. The van der Waals surface area contributed by atoms with Crippen LogP contribution in [0.5, 0.6) is 0 Å². The zero-order valence-corrected chi connectivity index (χ0v) is 23.4. The van der Waals surface area contributed by atoms with Crippen LogP contribution < -0.4 is 0 Å². The number of thioether (sulfide) groups is 6. The summed E-state index contributed by atoms with van der Waals surface area (Å²) in [5.41, 5.74) is 0.538. The smallest absolute Gasteiger partial charge is 0.00237 e. The predicted octanol–water partition coefficient (Wildman–Crippen LogP) is 8.18. The quantitative estimate of drug-likeness (QED) is 0.102. The molecule has 0 saturated carbocycles. The number of allylic oxidation sites excluding steroid dienone is 1. The van der Waals surface area contributed by atoms with Crippen molar-refractivity contribution in [3.63, 3.8) is 0 Å². The molecule has 0 fully saturated rings. The number of unbranched alkanes of at least 4 members (excludes halogenated alkanes) is 5. The largest absolute Gasteiger partial charge is 0.165 e. The van der Waals surface area contributed by atoms with Gasteiger partial charge in [-0.3, -0.25) is 0 Å². The van der Waals surface area contributed by atoms with Crippen molar-refractivity contribution in [2.45, 2.75) is 44.9 Å². The molecule has 0 nitrogen and oxygen atoms in total. The summed E-state index contributed by atoms with van der Waals surface area (Å²) in [6.07, 6.45) is 18.3. The van der Waals surface area contributed by atoms with Crippen LogP contribution in [-0.4, -0.2) is 70.5 Å². The van der Waals surface area contributed by atoms with Crippen LogP contribution in [0.15, 0.2) is 12.7 Å². The fourth-order valence-electron chi connectivity index (χ4n) is 2.95. The topological polar surface area (TPSA) is 0 Å². The standard InChI is InChI=1S/C22H44S6/c1-5-6-7-8-9-10-11-12-22(19-26-16-13-23-2,20-27-17-14-24-3)21-28-18-15-25-4/h5H,1,6-21H2,2-4H3. The van der Waals surface area contributed by atoms with E-state index in [1.54, 1.807) is 0 Å². The molecule has 0 spiro atoms. The minimum Gasteiger partial charge on any atom is -0.165 e. The van der Waals surface area contributed by atoms with Crippen molar-refractivity contribution in [3.05, 3.63) is 12.7 Å². The van der Waals surface area contributed by atoms with E-state index in [4.69, 9.17) is 0 Å². The van der Waals surface area contributed by atoms with E-state index in [0.29, 0.717) is 5.41 Å². The maximum Gasteiger partial charge on any atom is 0.00237 e. The first-order valence-electron chi connectivity index (χ1n) is 10.6. The van der Waals surface area contributed by atoms with Gasteiger partial charge in [-0.2, -0.15) is 70.6 Å². The highest BCUT2D eigenvalue weighted by molar-refractivity contribution is 8.04. The van der Waals surface area contributed by atoms with Crippen LogP contribution in [0.2, 0.25) is 0 Å². The predicted molar refractivity (Wildman–Crippen MR) is 152 cm³/mol. The second-order valence-corrected chi connectivity index (χ2v) is 13.5. The van der Waals surface area contributed by atoms with Crippen molar-refractivity contribution in [1.29, 1.82) is 0 Å². The van der Waals surface area contributed by atoms with Crippen molar-refractivity contribution in [1.82, 2.24) is 0 Å². The average Bonchev–Trinajstić information content (AvgIpc) is 2.71. The third-order valence-corrected chi connectivity index (χ3v) is 11.2. The fourth-order valence-corrected chi connectivity index (χ4v) is 9.53. The van der Waals surface area contributed by atoms with Gasteiger partial charge in [0.2, 0.25) is 0 Å². The van der Waals surface area contributed by atoms with Crippen LogP contribution in [0, 0.1) is 5.41 Å². The molecule has 0 aliphatic carbocycles. The molecule has 0 aromatic rings. The van der Waals surface area contributed by atoms with E-state index in [2.05, 4.69) is 66.7 Å². The van der Waals surface area contributed by atoms with E-state index in [1.165, 1.54) is 96.7 Å². The number of rotatable bonds is 23. The van der Waals surface area contributed by atoms with Gasteiger partial charge in [-0.15, -0.1) is 6.58 Å². The normalized spacial score (nSPS) is 11.8. The molecule has 0 radical (unpaired) electrons. The highest BCUT2D eigenvalue weighted by Gasteiger charge is 2.29. The Labute approximate surface area is 202 Å². The van der Waals surface area contributed by atoms with E-state index in [9.17, 15) is 0 Å². The average molecular weight is 501 g/mol. The van der Waals surface area contributed by atoms with Crippen molar-refractivity contribution >= 4 is 70.6 Å². The SMILES string of the molecule is C=CCCCCCCCC(CSCCSC)(CSCCSC)CSCCSC. The Balaban J connectivity index is 4.60. The lowest BCUT2D eigenvalue weighted by molar-refractivity contribution is 0.381. The summed E-state index contributed by atoms with van der Waals surface area (Å²) in [7, 11) is 0. The zero-order chi connectivity index (χ0) is 20.8. The lowest BCUT2D eigenvalue weighted by atomic mass is 9.88. The van der Waals surface area contributed by atoms with Gasteiger partial charge in [0, 0.05) is 51.8 Å². The Morgan fingerprint density at radius 3 is 1.46 bits per heavy atom. The Morgan fingerprint density at radius 1 is 0.607 bits per heavy atom. The third-order valence-electron chi connectivity index (χ3n) is 4.64. The first-order valence-corrected chi connectivity index (χ1v) is 18.2. The van der Waals surface area contributed by atoms with E-state index < -0.39 is 0 Å². The van der Waals surface area contributed by atoms with Gasteiger partial charge in [-0.05, 0) is 43.4 Å². The van der Waals surface area contributed by atoms with Gasteiger partial charge >= 0.3 is 0 Å². The molecule has 0 unspecified atom stereocenters. The van der Waals surface area contributed by atoms with Crippen molar-refractivity contribution < 1.29 is 0 Å². The minimum absolute atomic E-state index is 0.538. The van der Waals surface area contributed by atoms with Crippen LogP contribution in [0.25, 0.3) is 0 Å². The van der Waals surface area contributed by atoms with Gasteiger partial charge in [0.25, 0.3) is 0 Å². The lowest BCUT2D eigenvalue weighted by Crippen LogP contribution is -2.31. The minimum atomic E-state index is 0.538. The molecule has 0 aliphatic rings. The van der Waals surface area contributed by atoms with Crippen molar-refractivity contribution in [2.24, 2.45) is 5.41 Å². The summed E-state index contributed by atoms with van der Waals surface area (Å²) in [6, 6.07) is 0. The Morgan fingerprint density at radius 2 is 1.04 bits per heavy atom. The van der Waals surface area contributed by atoms with Gasteiger partial charge in [0.05, 0.1) is 0 Å². The van der Waals surface area contributed by atoms with E-state index >= 15 is 0 Å². The molecule has 0 N–H and O–H groups in total. The highest BCUT2D eigenvalue weighted by Crippen LogP contribution is 2.37. The summed E-state index contributed by atoms with van der Waals surface area (Å²) in [4.78, 5) is 0. The van der Waals surface area contributed by atoms with Gasteiger partial charge < -0.3 is 0 Å². The van der Waals surface area contributed by atoms with Crippen LogP contribution in [-0.2, 0) is 0 Å². The van der Waals surface area contributed by atoms with Gasteiger partial charge in [-0.1, -0.05) is 31.8 Å². The molecule has 6 heteroatoms. The first-order chi connectivity index (χ1) is 13.7. The van der Waals surface area contributed by atoms with Crippen LogP contribution >= 0.6 is 70.6 Å². The molecule has 0 aliphatic heterocycles. The summed E-state index contributed by atoms with van der Waals surface area (Å²) < 4.78 is 0. The molecule has 0 aromatic heterocycles. The molecule has 0 bridgehead atoms. The fraction of sp³-hybridized carbons (Fsp3) is 0.909. The Bertz CT molecular complexity index is 293. The molecule has 0 rings (SSSR count). The molecular formula is C22H44S6. The Kier molecular flexibility index (Phi) is 25.0. The molecule has 0 saturated heterocycles. The zero-order valence-electron chi connectivity index (χ0n) is 18.5. The molecule has 0 aromatic carbocycles. The van der Waals surface area contributed by atoms with E-state index in [-0.39, 0.29) is 0 Å². The maximum absolute atomic E-state index is 3.84. The molecule has 168 valence electrons. The highest BCUT2D eigenvalue weighted by atomic mass is 32.2. The van der Waals surface area contributed by atoms with E-state index in [0.717, 1.165) is 0 Å². The summed E-state index contributed by atoms with van der Waals surface area (Å²) in [5.74, 6) is 11.9. The molecule has 0 amide bonds. The van der Waals surface area contributed by atoms with Gasteiger partial charge in [0.1, 0.15) is 0 Å². The van der Waals surface area contributed by atoms with Crippen LogP contribution in [0.1, 0.15) is 44.9 Å². The lowest BCUT2D eigenvalue weighted by Gasteiger charge is -2.34. The van der Waals surface area contributed by atoms with Gasteiger partial charge in [-0.25, -0.2) is 0 Å². The number of hydrogen-bond donors (Lipinski definition) is 0. The second kappa shape index (κ2) is 23.5.